The van der Waals surface area contributed by atoms with Crippen molar-refractivity contribution in [1.29, 1.82) is 0 Å². The maximum atomic E-state index is 12.6. The Hall–Kier alpha value is -3.19. The summed E-state index contributed by atoms with van der Waals surface area (Å²) in [5.74, 6) is 1.63. The number of carbonyl (C=O) groups excluding carboxylic acids is 2. The van der Waals surface area contributed by atoms with Gasteiger partial charge < -0.3 is 20.0 Å². The molecule has 1 saturated carbocycles. The van der Waals surface area contributed by atoms with E-state index >= 15 is 0 Å². The van der Waals surface area contributed by atoms with Crippen molar-refractivity contribution < 1.29 is 19.1 Å². The first-order valence-electron chi connectivity index (χ1n) is 14.0. The highest BCUT2D eigenvalue weighted by molar-refractivity contribution is 6.03. The molecule has 7 heteroatoms. The molecule has 4 rings (SSSR count). The highest BCUT2D eigenvalue weighted by Crippen LogP contribution is 2.36. The molecule has 38 heavy (non-hydrogen) atoms. The molecule has 1 fully saturated rings. The van der Waals surface area contributed by atoms with Crippen LogP contribution in [0.25, 0.3) is 0 Å². The molecule has 0 aromatic heterocycles. The van der Waals surface area contributed by atoms with E-state index < -0.39 is 12.2 Å². The second-order valence-corrected chi connectivity index (χ2v) is 10.4. The SMILES string of the molecule is CCCCC(=O)c1cccc(C(N)N2N=C(c3ccc(OC)c(OC4CCCC4)c3)C(CC)CC2C=O)c1. The van der Waals surface area contributed by atoms with Crippen LogP contribution in [-0.4, -0.2) is 42.0 Å². The van der Waals surface area contributed by atoms with E-state index in [1.807, 2.05) is 42.5 Å². The topological polar surface area (TPSA) is 94.2 Å². The number of hydrazone groups is 1. The normalized spacial score (nSPS) is 20.6. The summed E-state index contributed by atoms with van der Waals surface area (Å²) in [7, 11) is 1.65. The van der Waals surface area contributed by atoms with Gasteiger partial charge in [-0.15, -0.1) is 0 Å². The van der Waals surface area contributed by atoms with Gasteiger partial charge in [0, 0.05) is 23.5 Å². The predicted molar refractivity (Wildman–Crippen MR) is 150 cm³/mol. The third kappa shape index (κ3) is 6.26. The number of unbranched alkanes of at least 4 members (excludes halogenated alkanes) is 1. The van der Waals surface area contributed by atoms with Gasteiger partial charge >= 0.3 is 0 Å². The number of benzene rings is 2. The molecular weight excluding hydrogens is 478 g/mol. The van der Waals surface area contributed by atoms with E-state index in [1.165, 1.54) is 12.8 Å². The fraction of sp³-hybridized carbons (Fsp3) is 0.516. The molecule has 7 nitrogen and oxygen atoms in total. The van der Waals surface area contributed by atoms with Gasteiger partial charge in [0.05, 0.1) is 18.9 Å². The Labute approximate surface area is 226 Å². The summed E-state index contributed by atoms with van der Waals surface area (Å²) in [6.07, 6.45) is 8.74. The van der Waals surface area contributed by atoms with E-state index in [0.717, 1.165) is 61.0 Å². The molecule has 1 aliphatic carbocycles. The second-order valence-electron chi connectivity index (χ2n) is 10.4. The molecule has 1 heterocycles. The number of hydrogen-bond donors (Lipinski definition) is 1. The second kappa shape index (κ2) is 13.1. The van der Waals surface area contributed by atoms with Gasteiger partial charge in [-0.1, -0.05) is 38.5 Å². The fourth-order valence-corrected chi connectivity index (χ4v) is 5.48. The van der Waals surface area contributed by atoms with Crippen LogP contribution in [0.5, 0.6) is 11.5 Å². The van der Waals surface area contributed by atoms with E-state index in [1.54, 1.807) is 12.1 Å². The van der Waals surface area contributed by atoms with Crippen molar-refractivity contribution in [3.8, 4) is 11.5 Å². The lowest BCUT2D eigenvalue weighted by Gasteiger charge is -2.38. The number of carbonyl (C=O) groups is 2. The lowest BCUT2D eigenvalue weighted by Crippen LogP contribution is -2.46. The molecule has 0 spiro atoms. The molecule has 0 bridgehead atoms. The number of Topliss-reactive ketones (excluding diaryl/α,β-unsaturated/α-hetero) is 1. The van der Waals surface area contributed by atoms with Crippen molar-refractivity contribution >= 4 is 17.8 Å². The number of nitrogens with two attached hydrogens (primary N) is 1. The van der Waals surface area contributed by atoms with Crippen LogP contribution >= 0.6 is 0 Å². The van der Waals surface area contributed by atoms with Crippen molar-refractivity contribution in [3.05, 3.63) is 59.2 Å². The maximum absolute atomic E-state index is 12.6. The van der Waals surface area contributed by atoms with Crippen LogP contribution in [0, 0.1) is 5.92 Å². The molecule has 3 unspecified atom stereocenters. The van der Waals surface area contributed by atoms with Gasteiger partial charge in [0.1, 0.15) is 18.5 Å². The van der Waals surface area contributed by atoms with Gasteiger partial charge in [0.25, 0.3) is 0 Å². The number of rotatable bonds is 12. The van der Waals surface area contributed by atoms with E-state index in [2.05, 4.69) is 13.8 Å². The van der Waals surface area contributed by atoms with Gasteiger partial charge in [-0.2, -0.15) is 5.10 Å². The molecule has 0 saturated heterocycles. The van der Waals surface area contributed by atoms with Gasteiger partial charge in [0.15, 0.2) is 17.3 Å². The number of nitrogens with zero attached hydrogens (tertiary/aromatic N) is 2. The molecule has 0 radical (unpaired) electrons. The summed E-state index contributed by atoms with van der Waals surface area (Å²) in [6, 6.07) is 12.9. The lowest BCUT2D eigenvalue weighted by atomic mass is 9.86. The fourth-order valence-electron chi connectivity index (χ4n) is 5.48. The Kier molecular flexibility index (Phi) is 9.56. The number of hydrogen-bond acceptors (Lipinski definition) is 7. The number of methoxy groups -OCH3 is 1. The summed E-state index contributed by atoms with van der Waals surface area (Å²) >= 11 is 0. The van der Waals surface area contributed by atoms with Crippen molar-refractivity contribution in [2.45, 2.75) is 89.9 Å². The molecule has 2 aromatic rings. The zero-order valence-electron chi connectivity index (χ0n) is 22.9. The largest absolute Gasteiger partial charge is 0.493 e. The van der Waals surface area contributed by atoms with E-state index in [-0.39, 0.29) is 17.8 Å². The molecule has 2 aromatic carbocycles. The maximum Gasteiger partial charge on any atom is 0.162 e. The predicted octanol–water partition coefficient (Wildman–Crippen LogP) is 6.05. The van der Waals surface area contributed by atoms with Crippen LogP contribution in [0.2, 0.25) is 0 Å². The smallest absolute Gasteiger partial charge is 0.162 e. The van der Waals surface area contributed by atoms with Crippen molar-refractivity contribution in [2.24, 2.45) is 16.8 Å². The monoisotopic (exact) mass is 519 g/mol. The first-order chi connectivity index (χ1) is 18.5. The third-order valence-corrected chi connectivity index (χ3v) is 7.77. The molecule has 2 N–H and O–H groups in total. The first-order valence-corrected chi connectivity index (χ1v) is 14.0. The lowest BCUT2D eigenvalue weighted by molar-refractivity contribution is -0.114. The van der Waals surface area contributed by atoms with Crippen molar-refractivity contribution in [3.63, 3.8) is 0 Å². The first kappa shape index (κ1) is 27.8. The third-order valence-electron chi connectivity index (χ3n) is 7.77. The molecule has 2 aliphatic rings. The zero-order chi connectivity index (χ0) is 27.1. The van der Waals surface area contributed by atoms with Crippen LogP contribution in [0.1, 0.15) is 99.3 Å². The van der Waals surface area contributed by atoms with Gasteiger partial charge in [-0.3, -0.25) is 9.80 Å². The Balaban J connectivity index is 1.67. The summed E-state index contributed by atoms with van der Waals surface area (Å²) in [6.45, 7) is 4.18. The van der Waals surface area contributed by atoms with Crippen LogP contribution in [-0.2, 0) is 4.79 Å². The van der Waals surface area contributed by atoms with E-state index in [4.69, 9.17) is 20.3 Å². The number of aldehydes is 1. The summed E-state index contributed by atoms with van der Waals surface area (Å²) < 4.78 is 11.9. The standard InChI is InChI=1S/C31H41N3O4/c1-4-6-14-27(36)22-10-9-11-24(17-22)31(32)34-25(20-35)18-21(5-2)30(33-34)23-15-16-28(37-3)29(19-23)38-26-12-7-8-13-26/h9-11,15-17,19-21,25-26,31H,4-8,12-14,18,32H2,1-3H3. The molecule has 1 aliphatic heterocycles. The minimum Gasteiger partial charge on any atom is -0.493 e. The molecule has 0 amide bonds. The van der Waals surface area contributed by atoms with Crippen molar-refractivity contribution in [2.75, 3.05) is 7.11 Å². The highest BCUT2D eigenvalue weighted by atomic mass is 16.5. The van der Waals surface area contributed by atoms with Crippen LogP contribution < -0.4 is 15.2 Å². The van der Waals surface area contributed by atoms with Gasteiger partial charge in [-0.25, -0.2) is 0 Å². The Morgan fingerprint density at radius 3 is 2.63 bits per heavy atom. The Morgan fingerprint density at radius 1 is 1.16 bits per heavy atom. The Morgan fingerprint density at radius 2 is 1.95 bits per heavy atom. The van der Waals surface area contributed by atoms with Gasteiger partial charge in [-0.05, 0) is 74.8 Å². The molecular formula is C31H41N3O4. The summed E-state index contributed by atoms with van der Waals surface area (Å²) in [5.41, 5.74) is 9.95. The zero-order valence-corrected chi connectivity index (χ0v) is 22.9. The van der Waals surface area contributed by atoms with Gasteiger partial charge in [0.2, 0.25) is 0 Å². The highest BCUT2D eigenvalue weighted by Gasteiger charge is 2.34. The molecule has 204 valence electrons. The summed E-state index contributed by atoms with van der Waals surface area (Å²) in [5, 5.41) is 6.70. The van der Waals surface area contributed by atoms with E-state index in [0.29, 0.717) is 24.2 Å². The van der Waals surface area contributed by atoms with Crippen LogP contribution in [0.4, 0.5) is 0 Å². The minimum atomic E-state index is -0.663. The Bertz CT molecular complexity index is 1140. The average molecular weight is 520 g/mol. The summed E-state index contributed by atoms with van der Waals surface area (Å²) in [4.78, 5) is 24.8. The minimum absolute atomic E-state index is 0.100. The average Bonchev–Trinajstić information content (AvgIpc) is 3.47. The van der Waals surface area contributed by atoms with E-state index in [9.17, 15) is 9.59 Å². The van der Waals surface area contributed by atoms with Crippen molar-refractivity contribution in [1.82, 2.24) is 5.01 Å². The quantitative estimate of drug-likeness (QED) is 0.271. The number of ketones is 1. The number of ether oxygens (including phenoxy) is 2. The molecule has 3 atom stereocenters. The van der Waals surface area contributed by atoms with Crippen LogP contribution in [0.3, 0.4) is 0 Å². The van der Waals surface area contributed by atoms with Crippen LogP contribution in [0.15, 0.2) is 47.6 Å².